The molecule has 0 atom stereocenters. The van der Waals surface area contributed by atoms with Crippen molar-refractivity contribution in [2.75, 3.05) is 33.4 Å². The second-order valence-corrected chi connectivity index (χ2v) is 6.15. The van der Waals surface area contributed by atoms with Gasteiger partial charge in [0.2, 0.25) is 0 Å². The van der Waals surface area contributed by atoms with Gasteiger partial charge in [0.25, 0.3) is 5.69 Å². The van der Waals surface area contributed by atoms with Crippen molar-refractivity contribution in [3.05, 3.63) is 27.8 Å². The maximum absolute atomic E-state index is 12.5. The number of halogens is 2. The van der Waals surface area contributed by atoms with Crippen LogP contribution in [0.2, 0.25) is 0 Å². The molecule has 1 spiro atoms. The summed E-state index contributed by atoms with van der Waals surface area (Å²) in [4.78, 5) is 12.8. The zero-order chi connectivity index (χ0) is 18.7. The van der Waals surface area contributed by atoms with E-state index >= 15 is 0 Å². The molecular formula is C16H20F2N2O6. The number of benzene rings is 1. The van der Waals surface area contributed by atoms with E-state index < -0.39 is 17.3 Å². The third-order valence-electron chi connectivity index (χ3n) is 4.60. The fourth-order valence-corrected chi connectivity index (χ4v) is 3.31. The molecule has 2 saturated heterocycles. The van der Waals surface area contributed by atoms with Crippen LogP contribution in [0.15, 0.2) is 12.1 Å². The van der Waals surface area contributed by atoms with Crippen LogP contribution in [-0.4, -0.2) is 55.6 Å². The van der Waals surface area contributed by atoms with Crippen LogP contribution < -0.4 is 9.47 Å². The van der Waals surface area contributed by atoms with Gasteiger partial charge in [-0.2, -0.15) is 8.78 Å². The average Bonchev–Trinajstić information content (AvgIpc) is 3.05. The molecule has 0 bridgehead atoms. The highest BCUT2D eigenvalue weighted by molar-refractivity contribution is 5.54. The molecule has 3 rings (SSSR count). The summed E-state index contributed by atoms with van der Waals surface area (Å²) in [5.41, 5.74) is 0.0905. The maximum atomic E-state index is 12.5. The molecule has 10 heteroatoms. The first-order valence-corrected chi connectivity index (χ1v) is 8.23. The number of hydrogen-bond donors (Lipinski definition) is 0. The summed E-state index contributed by atoms with van der Waals surface area (Å²) < 4.78 is 45.7. The van der Waals surface area contributed by atoms with Gasteiger partial charge >= 0.3 is 6.61 Å². The van der Waals surface area contributed by atoms with Crippen LogP contribution in [0.3, 0.4) is 0 Å². The number of ether oxygens (including phenoxy) is 4. The number of methoxy groups -OCH3 is 1. The molecule has 0 aliphatic carbocycles. The molecule has 8 nitrogen and oxygen atoms in total. The van der Waals surface area contributed by atoms with Crippen molar-refractivity contribution in [1.82, 2.24) is 4.90 Å². The van der Waals surface area contributed by atoms with Crippen molar-refractivity contribution >= 4 is 5.69 Å². The summed E-state index contributed by atoms with van der Waals surface area (Å²) >= 11 is 0. The van der Waals surface area contributed by atoms with Crippen LogP contribution in [0.25, 0.3) is 0 Å². The highest BCUT2D eigenvalue weighted by Gasteiger charge is 2.40. The van der Waals surface area contributed by atoms with Gasteiger partial charge in [-0.1, -0.05) is 0 Å². The predicted octanol–water partition coefficient (Wildman–Crippen LogP) is 2.54. The van der Waals surface area contributed by atoms with E-state index in [2.05, 4.69) is 4.74 Å². The monoisotopic (exact) mass is 374 g/mol. The van der Waals surface area contributed by atoms with E-state index in [0.717, 1.165) is 6.07 Å². The first-order valence-electron chi connectivity index (χ1n) is 8.23. The molecule has 26 heavy (non-hydrogen) atoms. The summed E-state index contributed by atoms with van der Waals surface area (Å²) in [7, 11) is 1.29. The van der Waals surface area contributed by atoms with Crippen molar-refractivity contribution < 1.29 is 32.7 Å². The van der Waals surface area contributed by atoms with Crippen LogP contribution >= 0.6 is 0 Å². The van der Waals surface area contributed by atoms with E-state index in [-0.39, 0.29) is 23.7 Å². The standard InChI is InChI=1S/C16H20F2N2O6/c1-23-13-8-11(12(20(21)22)9-14(13)26-15(17)18)10-19-4-2-16(3-5-19)24-6-7-25-16/h8-9,15H,2-7,10H2,1H3. The lowest BCUT2D eigenvalue weighted by atomic mass is 10.0. The van der Waals surface area contributed by atoms with Crippen molar-refractivity contribution in [3.8, 4) is 11.5 Å². The van der Waals surface area contributed by atoms with Gasteiger partial charge in [-0.05, 0) is 6.07 Å². The summed E-state index contributed by atoms with van der Waals surface area (Å²) in [5.74, 6) is -0.861. The molecule has 0 amide bonds. The molecule has 2 aliphatic heterocycles. The molecule has 0 saturated carbocycles. The molecule has 0 unspecified atom stereocenters. The SMILES string of the molecule is COc1cc(CN2CCC3(CC2)OCCO3)c([N+](=O)[O-])cc1OC(F)F. The second-order valence-electron chi connectivity index (χ2n) is 6.15. The van der Waals surface area contributed by atoms with Crippen LogP contribution in [-0.2, 0) is 16.0 Å². The molecule has 0 radical (unpaired) electrons. The van der Waals surface area contributed by atoms with E-state index in [1.54, 1.807) is 0 Å². The third-order valence-corrected chi connectivity index (χ3v) is 4.60. The second kappa shape index (κ2) is 7.68. The molecule has 2 aliphatic rings. The van der Waals surface area contributed by atoms with Gasteiger partial charge in [0.15, 0.2) is 17.3 Å². The van der Waals surface area contributed by atoms with Crippen molar-refractivity contribution in [2.24, 2.45) is 0 Å². The lowest BCUT2D eigenvalue weighted by Gasteiger charge is -2.37. The minimum Gasteiger partial charge on any atom is -0.493 e. The first kappa shape index (κ1) is 18.7. The Balaban J connectivity index is 1.77. The lowest BCUT2D eigenvalue weighted by Crippen LogP contribution is -2.44. The highest BCUT2D eigenvalue weighted by Crippen LogP contribution is 2.37. The van der Waals surface area contributed by atoms with Crippen LogP contribution in [0.1, 0.15) is 18.4 Å². The predicted molar refractivity (Wildman–Crippen MR) is 85.4 cm³/mol. The summed E-state index contributed by atoms with van der Waals surface area (Å²) in [6.45, 7) is -0.358. The topological polar surface area (TPSA) is 83.3 Å². The number of likely N-dealkylation sites (tertiary alicyclic amines) is 1. The smallest absolute Gasteiger partial charge is 0.387 e. The fourth-order valence-electron chi connectivity index (χ4n) is 3.31. The summed E-state index contributed by atoms with van der Waals surface area (Å²) in [6, 6.07) is 2.36. The molecule has 1 aromatic rings. The number of nitrogens with zero attached hydrogens (tertiary/aromatic N) is 2. The van der Waals surface area contributed by atoms with E-state index in [9.17, 15) is 18.9 Å². The molecule has 144 valence electrons. The van der Waals surface area contributed by atoms with E-state index in [4.69, 9.17) is 14.2 Å². The normalized spacial score (nSPS) is 19.8. The van der Waals surface area contributed by atoms with Gasteiger partial charge in [0, 0.05) is 38.0 Å². The average molecular weight is 374 g/mol. The summed E-state index contributed by atoms with van der Waals surface area (Å²) in [6.07, 6.45) is 1.34. The minimum absolute atomic E-state index is 0.0295. The van der Waals surface area contributed by atoms with Gasteiger partial charge in [-0.3, -0.25) is 15.0 Å². The van der Waals surface area contributed by atoms with Crippen molar-refractivity contribution in [2.45, 2.75) is 31.8 Å². The third kappa shape index (κ3) is 4.02. The van der Waals surface area contributed by atoms with Gasteiger partial charge in [-0.15, -0.1) is 0 Å². The number of hydrogen-bond acceptors (Lipinski definition) is 7. The maximum Gasteiger partial charge on any atom is 0.387 e. The number of nitro groups is 1. The van der Waals surface area contributed by atoms with E-state index in [0.29, 0.717) is 44.7 Å². The number of alkyl halides is 2. The molecule has 2 fully saturated rings. The Labute approximate surface area is 148 Å². The fraction of sp³-hybridized carbons (Fsp3) is 0.625. The van der Waals surface area contributed by atoms with Crippen molar-refractivity contribution in [3.63, 3.8) is 0 Å². The minimum atomic E-state index is -3.10. The molecule has 0 N–H and O–H groups in total. The molecule has 1 aromatic carbocycles. The zero-order valence-corrected chi connectivity index (χ0v) is 14.3. The molecule has 0 aromatic heterocycles. The van der Waals surface area contributed by atoms with Crippen LogP contribution in [0.5, 0.6) is 11.5 Å². The number of nitro benzene ring substituents is 1. The van der Waals surface area contributed by atoms with Crippen molar-refractivity contribution in [1.29, 1.82) is 0 Å². The molecule has 2 heterocycles. The first-order chi connectivity index (χ1) is 12.4. The molecular weight excluding hydrogens is 354 g/mol. The Bertz CT molecular complexity index is 656. The van der Waals surface area contributed by atoms with E-state index in [1.807, 2.05) is 4.90 Å². The Kier molecular flexibility index (Phi) is 5.54. The number of piperidine rings is 1. The van der Waals surface area contributed by atoms with Gasteiger partial charge in [0.05, 0.1) is 31.3 Å². The van der Waals surface area contributed by atoms with Crippen LogP contribution in [0.4, 0.5) is 14.5 Å². The Morgan fingerprint density at radius 2 is 1.92 bits per heavy atom. The van der Waals surface area contributed by atoms with E-state index in [1.165, 1.54) is 13.2 Å². The number of rotatable bonds is 6. The zero-order valence-electron chi connectivity index (χ0n) is 14.3. The van der Waals surface area contributed by atoms with Crippen LogP contribution in [0, 0.1) is 10.1 Å². The Morgan fingerprint density at radius 3 is 2.46 bits per heavy atom. The summed E-state index contributed by atoms with van der Waals surface area (Å²) in [5, 5.41) is 11.4. The van der Waals surface area contributed by atoms with Gasteiger partial charge in [0.1, 0.15) is 0 Å². The lowest BCUT2D eigenvalue weighted by molar-refractivity contribution is -0.385. The Hall–Kier alpha value is -2.04. The van der Waals surface area contributed by atoms with Gasteiger partial charge < -0.3 is 18.9 Å². The largest absolute Gasteiger partial charge is 0.493 e. The highest BCUT2D eigenvalue weighted by atomic mass is 19.3. The Morgan fingerprint density at radius 1 is 1.27 bits per heavy atom. The van der Waals surface area contributed by atoms with Gasteiger partial charge in [-0.25, -0.2) is 0 Å². The quantitative estimate of drug-likeness (QED) is 0.559.